The molecule has 0 fully saturated rings. The molecule has 0 spiro atoms. The van der Waals surface area contributed by atoms with Gasteiger partial charge in [0.1, 0.15) is 6.04 Å². The minimum Gasteiger partial charge on any atom is -0.354 e. The topological polar surface area (TPSA) is 55.1 Å². The molecule has 0 aliphatic carbocycles. The Kier molecular flexibility index (Phi) is 4.07. The van der Waals surface area contributed by atoms with Crippen molar-refractivity contribution >= 4 is 5.91 Å². The molecule has 1 atom stereocenters. The molecule has 0 aliphatic heterocycles. The molecule has 0 radical (unpaired) electrons. The van der Waals surface area contributed by atoms with Crippen molar-refractivity contribution in [3.8, 4) is 0 Å². The highest BCUT2D eigenvalue weighted by molar-refractivity contribution is 5.82. The second kappa shape index (κ2) is 5.12. The van der Waals surface area contributed by atoms with E-state index in [-0.39, 0.29) is 11.3 Å². The summed E-state index contributed by atoms with van der Waals surface area (Å²) in [6.07, 6.45) is 0. The molecule has 1 aromatic rings. The lowest BCUT2D eigenvalue weighted by Gasteiger charge is -2.20. The van der Waals surface area contributed by atoms with Gasteiger partial charge in [0, 0.05) is 6.54 Å². The molecule has 0 saturated carbocycles. The first kappa shape index (κ1) is 12.7. The molecule has 0 heterocycles. The van der Waals surface area contributed by atoms with Gasteiger partial charge >= 0.3 is 0 Å². The Morgan fingerprint density at radius 3 is 2.38 bits per heavy atom. The van der Waals surface area contributed by atoms with Crippen LogP contribution in [0.1, 0.15) is 32.4 Å². The molecule has 3 nitrogen and oxygen atoms in total. The fourth-order valence-corrected chi connectivity index (χ4v) is 1.27. The molecule has 3 N–H and O–H groups in total. The van der Waals surface area contributed by atoms with Gasteiger partial charge in [-0.1, -0.05) is 51.1 Å². The molecule has 1 aromatic carbocycles. The van der Waals surface area contributed by atoms with Gasteiger partial charge in [-0.3, -0.25) is 4.79 Å². The van der Waals surface area contributed by atoms with Gasteiger partial charge in [0.25, 0.3) is 0 Å². The van der Waals surface area contributed by atoms with Crippen LogP contribution in [0.3, 0.4) is 0 Å². The summed E-state index contributed by atoms with van der Waals surface area (Å²) in [6.45, 7) is 6.84. The minimum absolute atomic E-state index is 0.0755. The van der Waals surface area contributed by atoms with E-state index in [4.69, 9.17) is 5.73 Å². The Balaban J connectivity index is 2.55. The number of nitrogens with two attached hydrogens (primary N) is 1. The van der Waals surface area contributed by atoms with Crippen LogP contribution in [0.5, 0.6) is 0 Å². The van der Waals surface area contributed by atoms with Gasteiger partial charge in [-0.15, -0.1) is 0 Å². The van der Waals surface area contributed by atoms with E-state index in [9.17, 15) is 4.79 Å². The predicted octanol–water partition coefficient (Wildman–Crippen LogP) is 1.85. The zero-order valence-electron chi connectivity index (χ0n) is 10.2. The van der Waals surface area contributed by atoms with E-state index in [2.05, 4.69) is 26.1 Å². The number of nitrogens with one attached hydrogen (secondary N) is 1. The smallest absolute Gasteiger partial charge is 0.241 e. The van der Waals surface area contributed by atoms with Gasteiger partial charge in [-0.25, -0.2) is 0 Å². The summed E-state index contributed by atoms with van der Waals surface area (Å²) in [5, 5.41) is 2.86. The minimum atomic E-state index is -0.580. The van der Waals surface area contributed by atoms with Crippen molar-refractivity contribution in [2.75, 3.05) is 6.54 Å². The Morgan fingerprint density at radius 2 is 1.88 bits per heavy atom. The van der Waals surface area contributed by atoms with E-state index in [0.29, 0.717) is 6.54 Å². The first-order chi connectivity index (χ1) is 7.40. The number of benzene rings is 1. The quantitative estimate of drug-likeness (QED) is 0.816. The van der Waals surface area contributed by atoms with Gasteiger partial charge in [-0.05, 0) is 11.0 Å². The van der Waals surface area contributed by atoms with E-state index in [1.807, 2.05) is 30.3 Å². The van der Waals surface area contributed by atoms with Gasteiger partial charge in [-0.2, -0.15) is 0 Å². The molecule has 1 rings (SSSR count). The molecule has 0 aromatic heterocycles. The monoisotopic (exact) mass is 220 g/mol. The van der Waals surface area contributed by atoms with Crippen LogP contribution >= 0.6 is 0 Å². The Morgan fingerprint density at radius 1 is 1.31 bits per heavy atom. The third kappa shape index (κ3) is 4.03. The van der Waals surface area contributed by atoms with Crippen LogP contribution in [-0.4, -0.2) is 12.5 Å². The van der Waals surface area contributed by atoms with E-state index in [1.165, 1.54) is 0 Å². The summed E-state index contributed by atoms with van der Waals surface area (Å²) in [5.74, 6) is -0.124. The Bertz CT molecular complexity index is 341. The maximum Gasteiger partial charge on any atom is 0.241 e. The maximum absolute atomic E-state index is 11.8. The average Bonchev–Trinajstić information content (AvgIpc) is 2.25. The van der Waals surface area contributed by atoms with Crippen LogP contribution in [-0.2, 0) is 4.79 Å². The summed E-state index contributed by atoms with van der Waals surface area (Å²) < 4.78 is 0. The summed E-state index contributed by atoms with van der Waals surface area (Å²) in [4.78, 5) is 11.8. The molecule has 0 bridgehead atoms. The summed E-state index contributed by atoms with van der Waals surface area (Å²) >= 11 is 0. The van der Waals surface area contributed by atoms with E-state index >= 15 is 0 Å². The van der Waals surface area contributed by atoms with E-state index in [0.717, 1.165) is 5.56 Å². The molecule has 0 unspecified atom stereocenters. The van der Waals surface area contributed by atoms with Gasteiger partial charge < -0.3 is 11.1 Å². The zero-order valence-corrected chi connectivity index (χ0v) is 10.2. The van der Waals surface area contributed by atoms with Crippen molar-refractivity contribution in [2.24, 2.45) is 11.1 Å². The predicted molar refractivity (Wildman–Crippen MR) is 65.8 cm³/mol. The lowest BCUT2D eigenvalue weighted by Crippen LogP contribution is -2.38. The van der Waals surface area contributed by atoms with Gasteiger partial charge in [0.2, 0.25) is 5.91 Å². The van der Waals surface area contributed by atoms with Crippen LogP contribution in [0.25, 0.3) is 0 Å². The van der Waals surface area contributed by atoms with Crippen LogP contribution in [0, 0.1) is 5.41 Å². The second-order valence-corrected chi connectivity index (χ2v) is 5.17. The first-order valence-electron chi connectivity index (χ1n) is 5.48. The van der Waals surface area contributed by atoms with Crippen LogP contribution in [0.2, 0.25) is 0 Å². The second-order valence-electron chi connectivity index (χ2n) is 5.17. The summed E-state index contributed by atoms with van der Waals surface area (Å²) in [6, 6.07) is 8.81. The van der Waals surface area contributed by atoms with Gasteiger partial charge in [0.05, 0.1) is 0 Å². The molecule has 0 saturated heterocycles. The molecule has 3 heteroatoms. The van der Waals surface area contributed by atoms with Crippen LogP contribution in [0.15, 0.2) is 30.3 Å². The SMILES string of the molecule is CC(C)(C)CNC(=O)[C@@H](N)c1ccccc1. The normalized spacial score (nSPS) is 13.2. The highest BCUT2D eigenvalue weighted by Gasteiger charge is 2.17. The van der Waals surface area contributed by atoms with Crippen molar-refractivity contribution in [3.63, 3.8) is 0 Å². The molecular weight excluding hydrogens is 200 g/mol. The van der Waals surface area contributed by atoms with E-state index in [1.54, 1.807) is 0 Å². The largest absolute Gasteiger partial charge is 0.354 e. The number of carbonyl (C=O) groups excluding carboxylic acids is 1. The number of hydrogen-bond donors (Lipinski definition) is 2. The van der Waals surface area contributed by atoms with Crippen molar-refractivity contribution in [1.29, 1.82) is 0 Å². The summed E-state index contributed by atoms with van der Waals surface area (Å²) in [7, 11) is 0. The van der Waals surface area contributed by atoms with Gasteiger partial charge in [0.15, 0.2) is 0 Å². The lowest BCUT2D eigenvalue weighted by atomic mass is 9.96. The number of hydrogen-bond acceptors (Lipinski definition) is 2. The third-order valence-corrected chi connectivity index (χ3v) is 2.23. The highest BCUT2D eigenvalue weighted by atomic mass is 16.2. The average molecular weight is 220 g/mol. The fraction of sp³-hybridized carbons (Fsp3) is 0.462. The number of carbonyl (C=O) groups is 1. The van der Waals surface area contributed by atoms with Crippen molar-refractivity contribution in [1.82, 2.24) is 5.32 Å². The molecular formula is C13H20N2O. The number of amides is 1. The van der Waals surface area contributed by atoms with Crippen molar-refractivity contribution < 1.29 is 4.79 Å². The highest BCUT2D eigenvalue weighted by Crippen LogP contribution is 2.13. The first-order valence-corrected chi connectivity index (χ1v) is 5.48. The Hall–Kier alpha value is -1.35. The number of rotatable bonds is 3. The standard InChI is InChI=1S/C13H20N2O/c1-13(2,3)9-15-12(16)11(14)10-7-5-4-6-8-10/h4-8,11H,9,14H2,1-3H3,(H,15,16)/t11-/m0/s1. The molecule has 16 heavy (non-hydrogen) atoms. The summed E-state index contributed by atoms with van der Waals surface area (Å²) in [5.41, 5.74) is 6.77. The lowest BCUT2D eigenvalue weighted by molar-refractivity contribution is -0.122. The molecule has 0 aliphatic rings. The van der Waals surface area contributed by atoms with Crippen LogP contribution < -0.4 is 11.1 Å². The molecule has 1 amide bonds. The molecule has 88 valence electrons. The van der Waals surface area contributed by atoms with Crippen LogP contribution in [0.4, 0.5) is 0 Å². The zero-order chi connectivity index (χ0) is 12.2. The third-order valence-electron chi connectivity index (χ3n) is 2.23. The maximum atomic E-state index is 11.8. The van der Waals surface area contributed by atoms with Crippen molar-refractivity contribution in [3.05, 3.63) is 35.9 Å². The fourth-order valence-electron chi connectivity index (χ4n) is 1.27. The Labute approximate surface area is 97.0 Å². The van der Waals surface area contributed by atoms with E-state index < -0.39 is 6.04 Å². The van der Waals surface area contributed by atoms with Crippen molar-refractivity contribution in [2.45, 2.75) is 26.8 Å².